The van der Waals surface area contributed by atoms with Crippen molar-refractivity contribution in [3.05, 3.63) is 35.9 Å². The van der Waals surface area contributed by atoms with Crippen molar-refractivity contribution in [2.75, 3.05) is 25.4 Å². The van der Waals surface area contributed by atoms with Gasteiger partial charge >= 0.3 is 0 Å². The summed E-state index contributed by atoms with van der Waals surface area (Å²) in [5.41, 5.74) is 0.522. The summed E-state index contributed by atoms with van der Waals surface area (Å²) in [4.78, 5) is 11.9. The van der Waals surface area contributed by atoms with E-state index in [-0.39, 0.29) is 30.4 Å². The normalized spacial score (nSPS) is 23.2. The number of morpholine rings is 1. The third kappa shape index (κ3) is 4.53. The number of hydrogen-bond acceptors (Lipinski definition) is 4. The Labute approximate surface area is 131 Å². The maximum absolute atomic E-state index is 12.3. The summed E-state index contributed by atoms with van der Waals surface area (Å²) in [6, 6.07) is 8.73. The van der Waals surface area contributed by atoms with Gasteiger partial charge in [0.05, 0.1) is 18.0 Å². The van der Waals surface area contributed by atoms with E-state index in [4.69, 9.17) is 4.74 Å². The number of sulfonamides is 1. The third-order valence-electron chi connectivity index (χ3n) is 3.46. The number of carbonyl (C=O) groups is 1. The van der Waals surface area contributed by atoms with Crippen molar-refractivity contribution in [1.29, 1.82) is 0 Å². The van der Waals surface area contributed by atoms with Gasteiger partial charge in [-0.3, -0.25) is 4.79 Å². The molecule has 1 amide bonds. The van der Waals surface area contributed by atoms with Crippen LogP contribution in [0.5, 0.6) is 0 Å². The largest absolute Gasteiger partial charge is 0.373 e. The van der Waals surface area contributed by atoms with E-state index in [2.05, 4.69) is 5.32 Å². The fraction of sp³-hybridized carbons (Fsp3) is 0.533. The van der Waals surface area contributed by atoms with E-state index in [1.165, 1.54) is 4.31 Å². The second-order valence-corrected chi connectivity index (χ2v) is 7.60. The van der Waals surface area contributed by atoms with Gasteiger partial charge < -0.3 is 10.1 Å². The number of hydrogen-bond donors (Lipinski definition) is 1. The quantitative estimate of drug-likeness (QED) is 0.870. The van der Waals surface area contributed by atoms with Crippen LogP contribution in [0, 0.1) is 0 Å². The number of ether oxygens (including phenoxy) is 1. The molecule has 2 rings (SSSR count). The maximum Gasteiger partial charge on any atom is 0.251 e. The molecule has 22 heavy (non-hydrogen) atoms. The lowest BCUT2D eigenvalue weighted by Gasteiger charge is -2.34. The van der Waals surface area contributed by atoms with Gasteiger partial charge in [0.25, 0.3) is 5.91 Å². The molecule has 1 saturated heterocycles. The number of amides is 1. The van der Waals surface area contributed by atoms with Gasteiger partial charge in [-0.25, -0.2) is 8.42 Å². The van der Waals surface area contributed by atoms with Crippen LogP contribution in [0.1, 0.15) is 24.2 Å². The smallest absolute Gasteiger partial charge is 0.251 e. The Morgan fingerprint density at radius 3 is 2.41 bits per heavy atom. The fourth-order valence-electron chi connectivity index (χ4n) is 2.47. The van der Waals surface area contributed by atoms with Gasteiger partial charge in [-0.15, -0.1) is 0 Å². The van der Waals surface area contributed by atoms with Crippen LogP contribution < -0.4 is 5.32 Å². The van der Waals surface area contributed by atoms with Gasteiger partial charge in [-0.2, -0.15) is 4.31 Å². The topological polar surface area (TPSA) is 75.7 Å². The van der Waals surface area contributed by atoms with Gasteiger partial charge in [0.2, 0.25) is 10.0 Å². The second kappa shape index (κ2) is 7.21. The lowest BCUT2D eigenvalue weighted by molar-refractivity contribution is -0.0440. The molecular weight excluding hydrogens is 304 g/mol. The fourth-order valence-corrected chi connectivity index (χ4v) is 3.96. The SMILES string of the molecule is C[C@@H]1CN(S(=O)(=O)CCNC(=O)c2ccccc2)C[C@@H](C)O1. The summed E-state index contributed by atoms with van der Waals surface area (Å²) in [7, 11) is -3.39. The average molecular weight is 326 g/mol. The minimum atomic E-state index is -3.39. The molecule has 1 aromatic carbocycles. The molecule has 1 aliphatic rings. The van der Waals surface area contributed by atoms with Crippen LogP contribution in [0.25, 0.3) is 0 Å². The van der Waals surface area contributed by atoms with Crippen LogP contribution in [0.3, 0.4) is 0 Å². The first-order valence-corrected chi connectivity index (χ1v) is 8.96. The molecule has 0 aliphatic carbocycles. The van der Waals surface area contributed by atoms with Crippen LogP contribution in [0.15, 0.2) is 30.3 Å². The van der Waals surface area contributed by atoms with E-state index < -0.39 is 10.0 Å². The molecule has 1 aromatic rings. The predicted molar refractivity (Wildman–Crippen MR) is 84.1 cm³/mol. The lowest BCUT2D eigenvalue weighted by Crippen LogP contribution is -2.49. The molecule has 1 N–H and O–H groups in total. The minimum Gasteiger partial charge on any atom is -0.373 e. The minimum absolute atomic E-state index is 0.0934. The molecule has 1 heterocycles. The first-order valence-electron chi connectivity index (χ1n) is 7.35. The van der Waals surface area contributed by atoms with Crippen molar-refractivity contribution < 1.29 is 17.9 Å². The zero-order chi connectivity index (χ0) is 16.2. The average Bonchev–Trinajstić information content (AvgIpc) is 2.47. The first kappa shape index (κ1) is 16.9. The second-order valence-electron chi connectivity index (χ2n) is 5.51. The number of rotatable bonds is 5. The van der Waals surface area contributed by atoms with E-state index in [9.17, 15) is 13.2 Å². The van der Waals surface area contributed by atoms with E-state index in [1.807, 2.05) is 19.9 Å². The predicted octanol–water partition coefficient (Wildman–Crippen LogP) is 0.855. The molecule has 0 saturated carbocycles. The Kier molecular flexibility index (Phi) is 5.55. The van der Waals surface area contributed by atoms with Gasteiger partial charge in [0.1, 0.15) is 0 Å². The molecule has 7 heteroatoms. The van der Waals surface area contributed by atoms with E-state index in [0.29, 0.717) is 18.7 Å². The summed E-state index contributed by atoms with van der Waals surface area (Å²) < 4.78 is 31.6. The Morgan fingerprint density at radius 1 is 1.23 bits per heavy atom. The lowest BCUT2D eigenvalue weighted by atomic mass is 10.2. The Bertz CT molecular complexity index is 593. The highest BCUT2D eigenvalue weighted by atomic mass is 32.2. The highest BCUT2D eigenvalue weighted by Crippen LogP contribution is 2.14. The van der Waals surface area contributed by atoms with Crippen molar-refractivity contribution in [3.63, 3.8) is 0 Å². The van der Waals surface area contributed by atoms with Crippen molar-refractivity contribution in [2.45, 2.75) is 26.1 Å². The Balaban J connectivity index is 1.86. The summed E-state index contributed by atoms with van der Waals surface area (Å²) in [5, 5.41) is 2.64. The van der Waals surface area contributed by atoms with Crippen LogP contribution in [-0.4, -0.2) is 56.2 Å². The van der Waals surface area contributed by atoms with Gasteiger partial charge in [-0.05, 0) is 26.0 Å². The van der Waals surface area contributed by atoms with Crippen molar-refractivity contribution in [1.82, 2.24) is 9.62 Å². The summed E-state index contributed by atoms with van der Waals surface area (Å²) in [5.74, 6) is -0.370. The van der Waals surface area contributed by atoms with Gasteiger partial charge in [0, 0.05) is 25.2 Å². The standard InChI is InChI=1S/C15H22N2O4S/c1-12-10-17(11-13(2)21-12)22(19,20)9-8-16-15(18)14-6-4-3-5-7-14/h3-7,12-13H,8-11H2,1-2H3,(H,16,18)/t12-,13-/m1/s1. The molecule has 1 aliphatic heterocycles. The van der Waals surface area contributed by atoms with Gasteiger partial charge in [0.15, 0.2) is 0 Å². The van der Waals surface area contributed by atoms with Crippen molar-refractivity contribution in [2.24, 2.45) is 0 Å². The molecule has 1 fully saturated rings. The molecule has 0 bridgehead atoms. The summed E-state index contributed by atoms with van der Waals surface area (Å²) in [6.07, 6.45) is -0.227. The van der Waals surface area contributed by atoms with Crippen molar-refractivity contribution in [3.8, 4) is 0 Å². The molecule has 6 nitrogen and oxygen atoms in total. The van der Waals surface area contributed by atoms with Crippen molar-refractivity contribution >= 4 is 15.9 Å². The maximum atomic E-state index is 12.3. The summed E-state index contributed by atoms with van der Waals surface area (Å²) >= 11 is 0. The van der Waals surface area contributed by atoms with Crippen LogP contribution in [-0.2, 0) is 14.8 Å². The monoisotopic (exact) mass is 326 g/mol. The molecule has 0 unspecified atom stereocenters. The van der Waals surface area contributed by atoms with Crippen LogP contribution in [0.4, 0.5) is 0 Å². The Hall–Kier alpha value is -1.44. The summed E-state index contributed by atoms with van der Waals surface area (Å²) in [6.45, 7) is 4.53. The number of nitrogens with zero attached hydrogens (tertiary/aromatic N) is 1. The van der Waals surface area contributed by atoms with Crippen LogP contribution in [0.2, 0.25) is 0 Å². The number of benzene rings is 1. The first-order chi connectivity index (χ1) is 10.4. The van der Waals surface area contributed by atoms with E-state index in [0.717, 1.165) is 0 Å². The molecule has 0 spiro atoms. The Morgan fingerprint density at radius 2 is 1.82 bits per heavy atom. The molecular formula is C15H22N2O4S. The number of nitrogens with one attached hydrogen (secondary N) is 1. The zero-order valence-corrected chi connectivity index (χ0v) is 13.7. The molecule has 0 radical (unpaired) electrons. The zero-order valence-electron chi connectivity index (χ0n) is 12.9. The molecule has 2 atom stereocenters. The van der Waals surface area contributed by atoms with E-state index >= 15 is 0 Å². The third-order valence-corrected chi connectivity index (χ3v) is 5.27. The molecule has 122 valence electrons. The molecule has 0 aromatic heterocycles. The van der Waals surface area contributed by atoms with Gasteiger partial charge in [-0.1, -0.05) is 18.2 Å². The van der Waals surface area contributed by atoms with Crippen LogP contribution >= 0.6 is 0 Å². The highest BCUT2D eigenvalue weighted by Gasteiger charge is 2.30. The number of carbonyl (C=O) groups excluding carboxylic acids is 1. The highest BCUT2D eigenvalue weighted by molar-refractivity contribution is 7.89. The van der Waals surface area contributed by atoms with E-state index in [1.54, 1.807) is 24.3 Å².